The second-order valence-electron chi connectivity index (χ2n) is 5.67. The largest absolute Gasteiger partial charge is 0.349 e. The number of hydrogen-bond acceptors (Lipinski definition) is 4. The standard InChI is InChI=1S/C15H22N2O3S/c1-11(13-6-4-8-16-10-13)17-15(18)12-5-3-7-14(9-12)21(2,19)20/h3,5,7,9,11,13,16H,4,6,8,10H2,1-2H3,(H,17,18). The molecule has 0 saturated carbocycles. The second-order valence-corrected chi connectivity index (χ2v) is 7.68. The number of carbonyl (C=O) groups excluding carboxylic acids is 1. The Hall–Kier alpha value is -1.40. The van der Waals surface area contributed by atoms with E-state index < -0.39 is 9.84 Å². The number of piperidine rings is 1. The second kappa shape index (κ2) is 6.58. The normalized spacial score (nSPS) is 20.8. The van der Waals surface area contributed by atoms with Crippen LogP contribution in [0.15, 0.2) is 29.2 Å². The Morgan fingerprint density at radius 2 is 2.19 bits per heavy atom. The third-order valence-electron chi connectivity index (χ3n) is 3.93. The predicted molar refractivity (Wildman–Crippen MR) is 82.1 cm³/mol. The Labute approximate surface area is 126 Å². The molecule has 1 aliphatic rings. The molecule has 116 valence electrons. The predicted octanol–water partition coefficient (Wildman–Crippen LogP) is 1.21. The molecule has 1 saturated heterocycles. The minimum atomic E-state index is -3.30. The van der Waals surface area contributed by atoms with Crippen LogP contribution in [0.25, 0.3) is 0 Å². The molecular formula is C15H22N2O3S. The minimum Gasteiger partial charge on any atom is -0.349 e. The van der Waals surface area contributed by atoms with Crippen LogP contribution in [0.4, 0.5) is 0 Å². The van der Waals surface area contributed by atoms with Crippen LogP contribution in [-0.2, 0) is 9.84 Å². The van der Waals surface area contributed by atoms with Crippen LogP contribution >= 0.6 is 0 Å². The molecule has 2 rings (SSSR count). The van der Waals surface area contributed by atoms with Gasteiger partial charge in [0.2, 0.25) is 0 Å². The molecule has 1 amide bonds. The van der Waals surface area contributed by atoms with Crippen molar-refractivity contribution in [3.8, 4) is 0 Å². The maximum atomic E-state index is 12.3. The van der Waals surface area contributed by atoms with Gasteiger partial charge in [-0.3, -0.25) is 4.79 Å². The van der Waals surface area contributed by atoms with Gasteiger partial charge in [0.1, 0.15) is 0 Å². The summed E-state index contributed by atoms with van der Waals surface area (Å²) in [5.41, 5.74) is 0.383. The van der Waals surface area contributed by atoms with Crippen LogP contribution in [0, 0.1) is 5.92 Å². The van der Waals surface area contributed by atoms with Gasteiger partial charge in [0.25, 0.3) is 5.91 Å². The topological polar surface area (TPSA) is 75.3 Å². The number of amides is 1. The lowest BCUT2D eigenvalue weighted by atomic mass is 9.92. The lowest BCUT2D eigenvalue weighted by Gasteiger charge is -2.29. The fourth-order valence-corrected chi connectivity index (χ4v) is 3.25. The molecule has 2 unspecified atom stereocenters. The van der Waals surface area contributed by atoms with Gasteiger partial charge in [0.05, 0.1) is 4.90 Å². The zero-order chi connectivity index (χ0) is 15.5. The Balaban J connectivity index is 2.06. The van der Waals surface area contributed by atoms with E-state index >= 15 is 0 Å². The lowest BCUT2D eigenvalue weighted by molar-refractivity contribution is 0.0921. The smallest absolute Gasteiger partial charge is 0.251 e. The van der Waals surface area contributed by atoms with Crippen LogP contribution in [0.5, 0.6) is 0 Å². The molecule has 0 aromatic heterocycles. The average Bonchev–Trinajstić information content (AvgIpc) is 2.47. The summed E-state index contributed by atoms with van der Waals surface area (Å²) in [5.74, 6) is 0.194. The maximum absolute atomic E-state index is 12.3. The molecule has 1 aromatic rings. The molecule has 0 spiro atoms. The highest BCUT2D eigenvalue weighted by atomic mass is 32.2. The van der Waals surface area contributed by atoms with Gasteiger partial charge in [-0.1, -0.05) is 6.07 Å². The average molecular weight is 310 g/mol. The molecule has 21 heavy (non-hydrogen) atoms. The molecule has 1 heterocycles. The van der Waals surface area contributed by atoms with Crippen molar-refractivity contribution in [1.82, 2.24) is 10.6 Å². The number of carbonyl (C=O) groups is 1. The van der Waals surface area contributed by atoms with Crippen molar-refractivity contribution in [1.29, 1.82) is 0 Å². The van der Waals surface area contributed by atoms with E-state index in [2.05, 4.69) is 10.6 Å². The monoisotopic (exact) mass is 310 g/mol. The molecule has 1 aromatic carbocycles. The number of nitrogens with one attached hydrogen (secondary N) is 2. The van der Waals surface area contributed by atoms with Crippen molar-refractivity contribution in [2.75, 3.05) is 19.3 Å². The zero-order valence-corrected chi connectivity index (χ0v) is 13.2. The number of benzene rings is 1. The Morgan fingerprint density at radius 3 is 2.81 bits per heavy atom. The van der Waals surface area contributed by atoms with Gasteiger partial charge in [0.15, 0.2) is 9.84 Å². The lowest BCUT2D eigenvalue weighted by Crippen LogP contribution is -2.44. The molecule has 6 heteroatoms. The molecule has 0 radical (unpaired) electrons. The van der Waals surface area contributed by atoms with Crippen LogP contribution in [-0.4, -0.2) is 39.7 Å². The van der Waals surface area contributed by atoms with E-state index in [1.54, 1.807) is 12.1 Å². The van der Waals surface area contributed by atoms with Crippen molar-refractivity contribution >= 4 is 15.7 Å². The molecule has 0 aliphatic carbocycles. The minimum absolute atomic E-state index is 0.0622. The van der Waals surface area contributed by atoms with Crippen molar-refractivity contribution < 1.29 is 13.2 Å². The summed E-state index contributed by atoms with van der Waals surface area (Å²) >= 11 is 0. The van der Waals surface area contributed by atoms with Gasteiger partial charge in [-0.25, -0.2) is 8.42 Å². The third-order valence-corrected chi connectivity index (χ3v) is 5.04. The van der Waals surface area contributed by atoms with Gasteiger partial charge in [-0.2, -0.15) is 0 Å². The highest BCUT2D eigenvalue weighted by Gasteiger charge is 2.22. The fourth-order valence-electron chi connectivity index (χ4n) is 2.58. The highest BCUT2D eigenvalue weighted by molar-refractivity contribution is 7.90. The van der Waals surface area contributed by atoms with Gasteiger partial charge in [-0.15, -0.1) is 0 Å². The quantitative estimate of drug-likeness (QED) is 0.876. The van der Waals surface area contributed by atoms with Gasteiger partial charge >= 0.3 is 0 Å². The summed E-state index contributed by atoms with van der Waals surface area (Å²) in [6, 6.07) is 6.22. The first-order valence-corrected chi connectivity index (χ1v) is 9.09. The first-order valence-electron chi connectivity index (χ1n) is 7.19. The summed E-state index contributed by atoms with van der Waals surface area (Å²) < 4.78 is 23.1. The Bertz CT molecular complexity index is 607. The van der Waals surface area contributed by atoms with Crippen LogP contribution in [0.1, 0.15) is 30.1 Å². The van der Waals surface area contributed by atoms with Crippen molar-refractivity contribution in [3.63, 3.8) is 0 Å². The van der Waals surface area contributed by atoms with Gasteiger partial charge in [-0.05, 0) is 57.0 Å². The van der Waals surface area contributed by atoms with E-state index in [0.29, 0.717) is 11.5 Å². The third kappa shape index (κ3) is 4.28. The van der Waals surface area contributed by atoms with E-state index in [1.165, 1.54) is 12.1 Å². The summed E-state index contributed by atoms with van der Waals surface area (Å²) in [7, 11) is -3.30. The first kappa shape index (κ1) is 16.0. The number of rotatable bonds is 4. The van der Waals surface area contributed by atoms with Crippen LogP contribution < -0.4 is 10.6 Å². The Kier molecular flexibility index (Phi) is 5.00. The summed E-state index contributed by atoms with van der Waals surface area (Å²) in [4.78, 5) is 12.4. The summed E-state index contributed by atoms with van der Waals surface area (Å²) in [5, 5.41) is 6.30. The molecule has 1 aliphatic heterocycles. The van der Waals surface area contributed by atoms with E-state index in [4.69, 9.17) is 0 Å². The van der Waals surface area contributed by atoms with Crippen LogP contribution in [0.3, 0.4) is 0 Å². The Morgan fingerprint density at radius 1 is 1.43 bits per heavy atom. The summed E-state index contributed by atoms with van der Waals surface area (Å²) in [6.45, 7) is 3.94. The maximum Gasteiger partial charge on any atom is 0.251 e. The van der Waals surface area contributed by atoms with Gasteiger partial charge < -0.3 is 10.6 Å². The molecule has 2 atom stereocenters. The molecular weight excluding hydrogens is 288 g/mol. The fraction of sp³-hybridized carbons (Fsp3) is 0.533. The molecule has 1 fully saturated rings. The highest BCUT2D eigenvalue weighted by Crippen LogP contribution is 2.16. The molecule has 5 nitrogen and oxygen atoms in total. The van der Waals surface area contributed by atoms with Crippen molar-refractivity contribution in [2.24, 2.45) is 5.92 Å². The van der Waals surface area contributed by atoms with E-state index in [9.17, 15) is 13.2 Å². The SMILES string of the molecule is CC(NC(=O)c1cccc(S(C)(=O)=O)c1)C1CCCNC1. The van der Waals surface area contributed by atoms with Crippen molar-refractivity contribution in [2.45, 2.75) is 30.7 Å². The zero-order valence-electron chi connectivity index (χ0n) is 12.4. The number of hydrogen-bond donors (Lipinski definition) is 2. The van der Waals surface area contributed by atoms with Crippen LogP contribution in [0.2, 0.25) is 0 Å². The number of sulfone groups is 1. The van der Waals surface area contributed by atoms with Crippen molar-refractivity contribution in [3.05, 3.63) is 29.8 Å². The van der Waals surface area contributed by atoms with E-state index in [1.807, 2.05) is 6.92 Å². The molecule has 0 bridgehead atoms. The molecule has 2 N–H and O–H groups in total. The van der Waals surface area contributed by atoms with E-state index in [0.717, 1.165) is 32.2 Å². The summed E-state index contributed by atoms with van der Waals surface area (Å²) in [6.07, 6.45) is 3.35. The van der Waals surface area contributed by atoms with Gasteiger partial charge in [0, 0.05) is 17.9 Å². The van der Waals surface area contributed by atoms with E-state index in [-0.39, 0.29) is 16.8 Å². The first-order chi connectivity index (χ1) is 9.88.